The topological polar surface area (TPSA) is 42.7 Å². The Bertz CT molecular complexity index is 875. The van der Waals surface area contributed by atoms with Crippen molar-refractivity contribution in [2.24, 2.45) is 0 Å². The van der Waals surface area contributed by atoms with Crippen LogP contribution in [0.2, 0.25) is 0 Å². The van der Waals surface area contributed by atoms with Crippen molar-refractivity contribution in [1.82, 2.24) is 19.5 Å². The van der Waals surface area contributed by atoms with Crippen molar-refractivity contribution in [2.45, 2.75) is 39.7 Å². The van der Waals surface area contributed by atoms with Crippen molar-refractivity contribution in [2.75, 3.05) is 19.6 Å². The highest BCUT2D eigenvalue weighted by atomic mass is 127. The minimum atomic E-state index is 0.134. The predicted octanol–water partition coefficient (Wildman–Crippen LogP) is 4.89. The normalized spacial score (nSPS) is 12.6. The Hall–Kier alpha value is -1.67. The summed E-state index contributed by atoms with van der Waals surface area (Å²) >= 11 is 2.35. The third-order valence-electron chi connectivity index (χ3n) is 4.79. The monoisotopic (exact) mass is 478 g/mol. The minimum absolute atomic E-state index is 0.134. The zero-order valence-corrected chi connectivity index (χ0v) is 18.4. The summed E-state index contributed by atoms with van der Waals surface area (Å²) in [5.41, 5.74) is 2.93. The van der Waals surface area contributed by atoms with E-state index in [1.165, 1.54) is 3.57 Å². The number of hydrogen-bond acceptors (Lipinski definition) is 4. The van der Waals surface area contributed by atoms with E-state index in [4.69, 9.17) is 4.74 Å². The number of halogens is 1. The molecule has 2 aromatic heterocycles. The van der Waals surface area contributed by atoms with Crippen molar-refractivity contribution >= 4 is 28.2 Å². The van der Waals surface area contributed by atoms with Gasteiger partial charge in [0.05, 0.1) is 18.0 Å². The van der Waals surface area contributed by atoms with Crippen LogP contribution in [0.1, 0.15) is 33.6 Å². The van der Waals surface area contributed by atoms with Crippen molar-refractivity contribution in [3.05, 3.63) is 46.2 Å². The Morgan fingerprint density at radius 2 is 1.93 bits per heavy atom. The Labute approximate surface area is 174 Å². The van der Waals surface area contributed by atoms with Crippen LogP contribution in [-0.2, 0) is 0 Å². The van der Waals surface area contributed by atoms with E-state index in [1.807, 2.05) is 35.0 Å². The van der Waals surface area contributed by atoms with Gasteiger partial charge in [0, 0.05) is 15.2 Å². The number of imidazole rings is 1. The van der Waals surface area contributed by atoms with E-state index < -0.39 is 0 Å². The number of benzene rings is 1. The average molecular weight is 478 g/mol. The molecule has 0 radical (unpaired) electrons. The van der Waals surface area contributed by atoms with Gasteiger partial charge in [0.2, 0.25) is 5.88 Å². The lowest BCUT2D eigenvalue weighted by molar-refractivity contribution is 0.186. The standard InChI is InChI=1S/C21H27IN4O/c1-4-25(5-2)14-8-9-16(3)27-21-13-12-20-23-15-19(26(20)24-21)17-10-6-7-11-18(17)22/h6-7,10-13,15-16H,4-5,8-9,14H2,1-3H3. The zero-order valence-electron chi connectivity index (χ0n) is 16.2. The molecule has 0 N–H and O–H groups in total. The SMILES string of the molecule is CCN(CC)CCCC(C)Oc1ccc2ncc(-c3ccccc3I)n2n1. The lowest BCUT2D eigenvalue weighted by Gasteiger charge is -2.19. The number of fused-ring (bicyclic) bond motifs is 1. The second kappa shape index (κ2) is 9.50. The summed E-state index contributed by atoms with van der Waals surface area (Å²) in [5, 5.41) is 4.69. The van der Waals surface area contributed by atoms with Gasteiger partial charge in [0.15, 0.2) is 5.65 Å². The van der Waals surface area contributed by atoms with Gasteiger partial charge in [-0.05, 0) is 74.1 Å². The maximum absolute atomic E-state index is 6.08. The molecule has 0 aliphatic rings. The molecule has 1 unspecified atom stereocenters. The third kappa shape index (κ3) is 4.99. The minimum Gasteiger partial charge on any atom is -0.474 e. The molecule has 0 saturated carbocycles. The van der Waals surface area contributed by atoms with Gasteiger partial charge in [-0.15, -0.1) is 5.10 Å². The molecule has 0 aliphatic carbocycles. The van der Waals surface area contributed by atoms with Gasteiger partial charge in [0.1, 0.15) is 0 Å². The molecule has 0 amide bonds. The number of nitrogens with zero attached hydrogens (tertiary/aromatic N) is 4. The van der Waals surface area contributed by atoms with Gasteiger partial charge in [-0.25, -0.2) is 9.50 Å². The van der Waals surface area contributed by atoms with E-state index in [0.29, 0.717) is 5.88 Å². The molecule has 3 rings (SSSR count). The third-order valence-corrected chi connectivity index (χ3v) is 5.73. The van der Waals surface area contributed by atoms with Gasteiger partial charge in [-0.3, -0.25) is 0 Å². The van der Waals surface area contributed by atoms with E-state index in [0.717, 1.165) is 49.4 Å². The summed E-state index contributed by atoms with van der Waals surface area (Å²) in [4.78, 5) is 6.92. The molecule has 0 saturated heterocycles. The molecule has 27 heavy (non-hydrogen) atoms. The Balaban J connectivity index is 1.71. The Morgan fingerprint density at radius 1 is 1.15 bits per heavy atom. The molecule has 6 heteroatoms. The molecule has 0 fully saturated rings. The largest absolute Gasteiger partial charge is 0.474 e. The van der Waals surface area contributed by atoms with Gasteiger partial charge in [-0.1, -0.05) is 32.0 Å². The summed E-state index contributed by atoms with van der Waals surface area (Å²) in [5.74, 6) is 0.642. The molecule has 1 aromatic carbocycles. The first-order chi connectivity index (χ1) is 13.1. The van der Waals surface area contributed by atoms with Gasteiger partial charge in [0.25, 0.3) is 0 Å². The van der Waals surface area contributed by atoms with Crippen LogP contribution in [0.4, 0.5) is 0 Å². The van der Waals surface area contributed by atoms with Crippen LogP contribution in [0.15, 0.2) is 42.6 Å². The second-order valence-electron chi connectivity index (χ2n) is 6.66. The van der Waals surface area contributed by atoms with Crippen LogP contribution in [0.25, 0.3) is 16.9 Å². The molecule has 0 bridgehead atoms. The number of rotatable bonds is 9. The van der Waals surface area contributed by atoms with Crippen LogP contribution >= 0.6 is 22.6 Å². The fourth-order valence-electron chi connectivity index (χ4n) is 3.18. The second-order valence-corrected chi connectivity index (χ2v) is 7.82. The van der Waals surface area contributed by atoms with Gasteiger partial charge in [-0.2, -0.15) is 0 Å². The molecular weight excluding hydrogens is 451 g/mol. The first-order valence-corrected chi connectivity index (χ1v) is 10.7. The van der Waals surface area contributed by atoms with Crippen molar-refractivity contribution in [3.8, 4) is 17.1 Å². The molecule has 1 atom stereocenters. The van der Waals surface area contributed by atoms with Crippen LogP contribution in [0, 0.1) is 3.57 Å². The van der Waals surface area contributed by atoms with E-state index >= 15 is 0 Å². The van der Waals surface area contributed by atoms with E-state index in [1.54, 1.807) is 0 Å². The molecule has 3 aromatic rings. The highest BCUT2D eigenvalue weighted by Crippen LogP contribution is 2.26. The summed E-state index contributed by atoms with van der Waals surface area (Å²) in [7, 11) is 0. The first-order valence-electron chi connectivity index (χ1n) is 9.61. The summed E-state index contributed by atoms with van der Waals surface area (Å²) in [6.45, 7) is 9.85. The lowest BCUT2D eigenvalue weighted by Crippen LogP contribution is -2.25. The van der Waals surface area contributed by atoms with Crippen LogP contribution in [0.3, 0.4) is 0 Å². The van der Waals surface area contributed by atoms with E-state index in [2.05, 4.69) is 70.5 Å². The summed E-state index contributed by atoms with van der Waals surface area (Å²) in [6.07, 6.45) is 4.15. The first kappa shape index (κ1) is 20.1. The maximum atomic E-state index is 6.08. The number of aromatic nitrogens is 3. The van der Waals surface area contributed by atoms with E-state index in [9.17, 15) is 0 Å². The molecule has 2 heterocycles. The van der Waals surface area contributed by atoms with Crippen molar-refractivity contribution < 1.29 is 4.74 Å². The quantitative estimate of drug-likeness (QED) is 0.411. The Morgan fingerprint density at radius 3 is 2.67 bits per heavy atom. The molecule has 5 nitrogen and oxygen atoms in total. The fourth-order valence-corrected chi connectivity index (χ4v) is 3.84. The lowest BCUT2D eigenvalue weighted by atomic mass is 10.2. The van der Waals surface area contributed by atoms with Crippen LogP contribution in [-0.4, -0.2) is 45.2 Å². The zero-order chi connectivity index (χ0) is 19.2. The molecule has 0 aliphatic heterocycles. The molecule has 0 spiro atoms. The summed E-state index contributed by atoms with van der Waals surface area (Å²) < 4.78 is 9.13. The Kier molecular flexibility index (Phi) is 7.07. The number of hydrogen-bond donors (Lipinski definition) is 0. The smallest absolute Gasteiger partial charge is 0.232 e. The number of ether oxygens (including phenoxy) is 1. The van der Waals surface area contributed by atoms with Gasteiger partial charge < -0.3 is 9.64 Å². The van der Waals surface area contributed by atoms with Crippen molar-refractivity contribution in [1.29, 1.82) is 0 Å². The average Bonchev–Trinajstić information content (AvgIpc) is 3.09. The highest BCUT2D eigenvalue weighted by molar-refractivity contribution is 14.1. The maximum Gasteiger partial charge on any atom is 0.232 e. The predicted molar refractivity (Wildman–Crippen MR) is 118 cm³/mol. The van der Waals surface area contributed by atoms with E-state index in [-0.39, 0.29) is 6.10 Å². The molecular formula is C21H27IN4O. The summed E-state index contributed by atoms with van der Waals surface area (Å²) in [6, 6.07) is 12.1. The van der Waals surface area contributed by atoms with Crippen LogP contribution < -0.4 is 4.74 Å². The van der Waals surface area contributed by atoms with Crippen LogP contribution in [0.5, 0.6) is 5.88 Å². The fraction of sp³-hybridized carbons (Fsp3) is 0.429. The van der Waals surface area contributed by atoms with Gasteiger partial charge >= 0.3 is 0 Å². The highest BCUT2D eigenvalue weighted by Gasteiger charge is 2.12. The molecule has 144 valence electrons. The van der Waals surface area contributed by atoms with Crippen molar-refractivity contribution in [3.63, 3.8) is 0 Å².